The fraction of sp³-hybridized carbons (Fsp3) is 0. The van der Waals surface area contributed by atoms with Crippen LogP contribution in [-0.2, 0) is 53.1 Å². The summed E-state index contributed by atoms with van der Waals surface area (Å²) in [6.45, 7) is 0. The topological polar surface area (TPSA) is 179 Å². The summed E-state index contributed by atoms with van der Waals surface area (Å²) in [5, 5.41) is 0. The molecule has 0 aliphatic heterocycles. The normalized spacial score (nSPS) is 12.5. The molecule has 4 unspecified atom stereocenters. The minimum atomic E-state index is -3.24. The van der Waals surface area contributed by atoms with Gasteiger partial charge in [-0.25, -0.2) is 0 Å². The molecule has 10 nitrogen and oxygen atoms in total. The molecule has 0 spiro atoms. The van der Waals surface area contributed by atoms with Crippen molar-refractivity contribution in [2.45, 2.75) is 0 Å². The zero-order valence-corrected chi connectivity index (χ0v) is 12.4. The number of hydrogen-bond donors (Lipinski definition) is 0. The van der Waals surface area contributed by atoms with E-state index in [0.29, 0.717) is 0 Å². The first-order valence-corrected chi connectivity index (χ1v) is 6.57. The van der Waals surface area contributed by atoms with Crippen LogP contribution in [0.4, 0.5) is 0 Å². The molecule has 0 fully saturated rings. The van der Waals surface area contributed by atoms with Crippen LogP contribution in [0.25, 0.3) is 0 Å². The molecule has 0 bridgehead atoms. The van der Waals surface area contributed by atoms with E-state index in [9.17, 15) is 37.8 Å². The third kappa shape index (κ3) is 31.3. The van der Waals surface area contributed by atoms with Gasteiger partial charge in [0.05, 0.1) is 0 Å². The van der Waals surface area contributed by atoms with Crippen molar-refractivity contribution >= 4 is 33.0 Å². The maximum absolute atomic E-state index is 9.24. The Balaban J connectivity index is -0.000000180. The van der Waals surface area contributed by atoms with Gasteiger partial charge in [-0.1, -0.05) is 0 Å². The molecule has 0 amide bonds. The van der Waals surface area contributed by atoms with Gasteiger partial charge < -0.3 is 19.6 Å². The molecule has 0 rings (SSSR count). The number of hydrogen-bond acceptors (Lipinski definition) is 10. The third-order valence-electron chi connectivity index (χ3n) is 0.267. The second kappa shape index (κ2) is 13.1. The largest absolute Gasteiger partial charge is 4.00 e. The zero-order valence-electron chi connectivity index (χ0n) is 6.37. The van der Waals surface area contributed by atoms with Gasteiger partial charge in [-0.2, -0.15) is 0 Å². The van der Waals surface area contributed by atoms with E-state index in [2.05, 4.69) is 8.62 Å². The second-order valence-electron chi connectivity index (χ2n) is 1.06. The standard InChI is InChI=1S/2O5P2.Zr/c2*1-6(2)5-7(3)4;/q;;+4. The van der Waals surface area contributed by atoms with Crippen molar-refractivity contribution < 1.29 is 72.7 Å². The maximum Gasteiger partial charge on any atom is 4.00 e. The Hall–Kier alpha value is 1.04. The van der Waals surface area contributed by atoms with E-state index in [1.54, 1.807) is 0 Å². The van der Waals surface area contributed by atoms with Gasteiger partial charge in [0.2, 0.25) is 0 Å². The van der Waals surface area contributed by atoms with Crippen molar-refractivity contribution in [1.82, 2.24) is 0 Å². The summed E-state index contributed by atoms with van der Waals surface area (Å²) in [7, 11) is -12.9. The van der Waals surface area contributed by atoms with Crippen molar-refractivity contribution in [1.29, 1.82) is 0 Å². The quantitative estimate of drug-likeness (QED) is 0.502. The smallest absolute Gasteiger partial charge is 0.563 e. The van der Waals surface area contributed by atoms with Crippen LogP contribution in [0.3, 0.4) is 0 Å². The average Bonchev–Trinajstić information content (AvgIpc) is 1.79. The van der Waals surface area contributed by atoms with Crippen LogP contribution in [-0.4, -0.2) is 0 Å². The Morgan fingerprint density at radius 3 is 0.733 bits per heavy atom. The van der Waals surface area contributed by atoms with Crippen molar-refractivity contribution in [3.05, 3.63) is 0 Å². The molecule has 0 N–H and O–H groups in total. The fourth-order valence-corrected chi connectivity index (χ4v) is 0.980. The summed E-state index contributed by atoms with van der Waals surface area (Å²) in [5.41, 5.74) is 0. The van der Waals surface area contributed by atoms with Gasteiger partial charge in [0.25, 0.3) is 0 Å². The van der Waals surface area contributed by atoms with Gasteiger partial charge in [-0.3, -0.25) is 0 Å². The van der Waals surface area contributed by atoms with E-state index >= 15 is 0 Å². The Labute approximate surface area is 106 Å². The molecular weight excluding hydrogens is 375 g/mol. The van der Waals surface area contributed by atoms with Crippen LogP contribution in [0.2, 0.25) is 0 Å². The summed E-state index contributed by atoms with van der Waals surface area (Å²) in [5.74, 6) is 0. The van der Waals surface area contributed by atoms with Crippen molar-refractivity contribution in [3.63, 3.8) is 0 Å². The van der Waals surface area contributed by atoms with E-state index in [0.717, 1.165) is 0 Å². The van der Waals surface area contributed by atoms with Gasteiger partial charge in [-0.05, 0) is 18.3 Å². The van der Waals surface area contributed by atoms with Gasteiger partial charge in [0, 0.05) is 0 Å². The van der Waals surface area contributed by atoms with Gasteiger partial charge in [0.15, 0.2) is 0 Å². The van der Waals surface area contributed by atoms with Crippen molar-refractivity contribution in [2.24, 2.45) is 0 Å². The minimum Gasteiger partial charge on any atom is -0.563 e. The van der Waals surface area contributed by atoms with Gasteiger partial charge >= 0.3 is 59.2 Å². The van der Waals surface area contributed by atoms with Crippen LogP contribution >= 0.6 is 33.0 Å². The number of rotatable bonds is 4. The van der Waals surface area contributed by atoms with Crippen LogP contribution in [0, 0.1) is 0 Å². The molecule has 0 aromatic heterocycles. The molecule has 15 heavy (non-hydrogen) atoms. The summed E-state index contributed by atoms with van der Waals surface area (Å²) in [4.78, 5) is 37.0. The Bertz CT molecular complexity index is 196. The minimum absolute atomic E-state index is 0. The molecule has 0 aromatic rings. The molecule has 0 saturated carbocycles. The van der Waals surface area contributed by atoms with Crippen molar-refractivity contribution in [3.8, 4) is 0 Å². The molecule has 0 saturated heterocycles. The zero-order chi connectivity index (χ0) is 11.7. The van der Waals surface area contributed by atoms with Gasteiger partial charge in [0.1, 0.15) is 8.62 Å². The first kappa shape index (κ1) is 21.3. The molecule has 0 aliphatic carbocycles. The van der Waals surface area contributed by atoms with Crippen LogP contribution in [0.15, 0.2) is 0 Å². The Morgan fingerprint density at radius 2 is 0.733 bits per heavy atom. The molecule has 4 atom stereocenters. The second-order valence-corrected chi connectivity index (χ2v) is 4.15. The third-order valence-corrected chi connectivity index (χ3v) is 2.40. The Kier molecular flexibility index (Phi) is 18.7. The first-order chi connectivity index (χ1) is 6.25. The summed E-state index contributed by atoms with van der Waals surface area (Å²) < 4.78 is 43.3. The van der Waals surface area contributed by atoms with E-state index in [1.807, 2.05) is 0 Å². The van der Waals surface area contributed by atoms with Crippen molar-refractivity contribution in [2.75, 3.05) is 0 Å². The summed E-state index contributed by atoms with van der Waals surface area (Å²) in [6, 6.07) is 0. The SMILES string of the molecule is O=[P+]([O-])O[P+](=O)[O-].O=[P+]([O-])O[P+](=O)[O-].[Zr+4]. The monoisotopic (exact) mass is 374 g/mol. The fourth-order valence-electron chi connectivity index (χ4n) is 0.109. The maximum atomic E-state index is 9.24. The molecule has 0 radical (unpaired) electrons. The summed E-state index contributed by atoms with van der Waals surface area (Å²) >= 11 is 0. The molecule has 0 aliphatic rings. The van der Waals surface area contributed by atoms with E-state index in [-0.39, 0.29) is 26.2 Å². The molecule has 0 aromatic carbocycles. The molecule has 0 heterocycles. The van der Waals surface area contributed by atoms with Crippen LogP contribution in [0.5, 0.6) is 0 Å². The average molecular weight is 375 g/mol. The first-order valence-electron chi connectivity index (χ1n) is 2.19. The van der Waals surface area contributed by atoms with Crippen LogP contribution in [0.1, 0.15) is 0 Å². The Morgan fingerprint density at radius 1 is 0.600 bits per heavy atom. The van der Waals surface area contributed by atoms with Crippen LogP contribution < -0.4 is 19.6 Å². The van der Waals surface area contributed by atoms with Gasteiger partial charge in [-0.15, -0.1) is 0 Å². The molecular formula is O10P4Zr+4. The molecule has 15 heteroatoms. The predicted octanol–water partition coefficient (Wildman–Crippen LogP) is -1.93. The molecule has 80 valence electrons. The van der Waals surface area contributed by atoms with E-state index in [4.69, 9.17) is 0 Å². The van der Waals surface area contributed by atoms with E-state index < -0.39 is 33.0 Å². The summed E-state index contributed by atoms with van der Waals surface area (Å²) in [6.07, 6.45) is 0. The van der Waals surface area contributed by atoms with E-state index in [1.165, 1.54) is 0 Å². The predicted molar refractivity (Wildman–Crippen MR) is 32.6 cm³/mol.